The molecule has 1 fully saturated rings. The SMILES string of the molecule is CCC(CC(=O)OCCN1CCOCC1)c1ccc(N(CC(C)C)CC(C)C)c(NC(=O)Nc2ccc(C)cc2)c1. The van der Waals surface area contributed by atoms with Crippen LogP contribution < -0.4 is 15.5 Å². The van der Waals surface area contributed by atoms with Crippen molar-refractivity contribution < 1.29 is 19.1 Å². The van der Waals surface area contributed by atoms with E-state index in [4.69, 9.17) is 9.47 Å². The van der Waals surface area contributed by atoms with Gasteiger partial charge in [0.1, 0.15) is 6.61 Å². The highest BCUT2D eigenvalue weighted by atomic mass is 16.5. The molecule has 1 atom stereocenters. The van der Waals surface area contributed by atoms with Gasteiger partial charge in [0.05, 0.1) is 31.0 Å². The van der Waals surface area contributed by atoms with Crippen molar-refractivity contribution in [2.24, 2.45) is 11.8 Å². The van der Waals surface area contributed by atoms with E-state index in [1.807, 2.05) is 37.3 Å². The van der Waals surface area contributed by atoms with E-state index in [1.54, 1.807) is 0 Å². The lowest BCUT2D eigenvalue weighted by molar-refractivity contribution is -0.144. The summed E-state index contributed by atoms with van der Waals surface area (Å²) in [6.07, 6.45) is 1.09. The van der Waals surface area contributed by atoms with Gasteiger partial charge in [0.15, 0.2) is 0 Å². The summed E-state index contributed by atoms with van der Waals surface area (Å²) in [5.41, 5.74) is 4.61. The van der Waals surface area contributed by atoms with Crippen LogP contribution in [-0.4, -0.2) is 69.4 Å². The topological polar surface area (TPSA) is 83.1 Å². The molecule has 0 aromatic heterocycles. The molecule has 41 heavy (non-hydrogen) atoms. The fraction of sp³-hybridized carbons (Fsp3) is 0.576. The normalized spacial score (nSPS) is 14.6. The maximum absolute atomic E-state index is 13.1. The maximum Gasteiger partial charge on any atom is 0.323 e. The van der Waals surface area contributed by atoms with Crippen LogP contribution in [0.25, 0.3) is 0 Å². The van der Waals surface area contributed by atoms with Crippen molar-refractivity contribution in [1.29, 1.82) is 0 Å². The minimum absolute atomic E-state index is 0.00991. The van der Waals surface area contributed by atoms with Crippen LogP contribution in [0.3, 0.4) is 0 Å². The number of hydrogen-bond donors (Lipinski definition) is 2. The quantitative estimate of drug-likeness (QED) is 0.254. The summed E-state index contributed by atoms with van der Waals surface area (Å²) in [5.74, 6) is 0.711. The number of ether oxygens (including phenoxy) is 2. The molecule has 0 saturated carbocycles. The number of carbonyl (C=O) groups is 2. The third kappa shape index (κ3) is 11.0. The second-order valence-electron chi connectivity index (χ2n) is 11.9. The van der Waals surface area contributed by atoms with Crippen LogP contribution in [0.1, 0.15) is 64.5 Å². The van der Waals surface area contributed by atoms with E-state index in [1.165, 1.54) is 0 Å². The van der Waals surface area contributed by atoms with Crippen LogP contribution in [0.4, 0.5) is 21.9 Å². The summed E-state index contributed by atoms with van der Waals surface area (Å²) >= 11 is 0. The molecule has 1 heterocycles. The molecule has 0 radical (unpaired) electrons. The number of carbonyl (C=O) groups excluding carboxylic acids is 2. The van der Waals surface area contributed by atoms with E-state index in [2.05, 4.69) is 67.2 Å². The average Bonchev–Trinajstić information content (AvgIpc) is 2.92. The molecule has 2 aromatic carbocycles. The Morgan fingerprint density at radius 3 is 2.24 bits per heavy atom. The molecular formula is C33H50N4O4. The molecule has 1 saturated heterocycles. The van der Waals surface area contributed by atoms with Crippen molar-refractivity contribution in [3.05, 3.63) is 53.6 Å². The van der Waals surface area contributed by atoms with E-state index in [-0.39, 0.29) is 17.9 Å². The molecule has 2 amide bonds. The molecule has 226 valence electrons. The predicted octanol–water partition coefficient (Wildman–Crippen LogP) is 6.52. The number of benzene rings is 2. The summed E-state index contributed by atoms with van der Waals surface area (Å²) < 4.78 is 11.0. The van der Waals surface area contributed by atoms with Gasteiger partial charge < -0.3 is 25.0 Å². The van der Waals surface area contributed by atoms with Crippen molar-refractivity contribution in [1.82, 2.24) is 4.90 Å². The summed E-state index contributed by atoms with van der Waals surface area (Å²) in [5, 5.41) is 6.08. The van der Waals surface area contributed by atoms with Gasteiger partial charge in [-0.2, -0.15) is 0 Å². The minimum Gasteiger partial charge on any atom is -0.464 e. The zero-order valence-electron chi connectivity index (χ0n) is 25.9. The third-order valence-electron chi connectivity index (χ3n) is 7.24. The Balaban J connectivity index is 1.77. The summed E-state index contributed by atoms with van der Waals surface area (Å²) in [4.78, 5) is 30.5. The van der Waals surface area contributed by atoms with Crippen molar-refractivity contribution in [2.75, 3.05) is 68.1 Å². The first-order valence-corrected chi connectivity index (χ1v) is 15.1. The predicted molar refractivity (Wildman–Crippen MR) is 168 cm³/mol. The first-order valence-electron chi connectivity index (χ1n) is 15.1. The molecule has 0 bridgehead atoms. The van der Waals surface area contributed by atoms with Crippen molar-refractivity contribution in [3.8, 4) is 0 Å². The van der Waals surface area contributed by atoms with Gasteiger partial charge in [-0.25, -0.2) is 4.79 Å². The van der Waals surface area contributed by atoms with Crippen LogP contribution in [0.2, 0.25) is 0 Å². The van der Waals surface area contributed by atoms with Crippen LogP contribution in [0.15, 0.2) is 42.5 Å². The van der Waals surface area contributed by atoms with Crippen LogP contribution in [-0.2, 0) is 14.3 Å². The van der Waals surface area contributed by atoms with Crippen molar-refractivity contribution in [2.45, 2.75) is 60.3 Å². The van der Waals surface area contributed by atoms with Gasteiger partial charge in [-0.3, -0.25) is 9.69 Å². The molecule has 8 nitrogen and oxygen atoms in total. The third-order valence-corrected chi connectivity index (χ3v) is 7.24. The highest BCUT2D eigenvalue weighted by Gasteiger charge is 2.21. The van der Waals surface area contributed by atoms with Crippen molar-refractivity contribution in [3.63, 3.8) is 0 Å². The Hall–Kier alpha value is -3.10. The number of hydrogen-bond acceptors (Lipinski definition) is 6. The van der Waals surface area contributed by atoms with Gasteiger partial charge in [-0.1, -0.05) is 58.4 Å². The molecule has 2 aromatic rings. The fourth-order valence-corrected chi connectivity index (χ4v) is 5.13. The van der Waals surface area contributed by atoms with Gasteiger partial charge in [0, 0.05) is 38.4 Å². The smallest absolute Gasteiger partial charge is 0.323 e. The monoisotopic (exact) mass is 566 g/mol. The zero-order chi connectivity index (χ0) is 29.8. The average molecular weight is 567 g/mol. The highest BCUT2D eigenvalue weighted by molar-refractivity contribution is 6.02. The minimum atomic E-state index is -0.295. The van der Waals surface area contributed by atoms with E-state index in [0.29, 0.717) is 24.9 Å². The lowest BCUT2D eigenvalue weighted by atomic mass is 9.92. The van der Waals surface area contributed by atoms with Crippen LogP contribution in [0, 0.1) is 18.8 Å². The Labute approximate surface area is 246 Å². The Morgan fingerprint density at radius 2 is 1.63 bits per heavy atom. The number of anilines is 3. The van der Waals surface area contributed by atoms with Gasteiger partial charge in [0.2, 0.25) is 0 Å². The number of nitrogens with one attached hydrogen (secondary N) is 2. The Bertz CT molecular complexity index is 1090. The number of urea groups is 1. The summed E-state index contributed by atoms with van der Waals surface area (Å²) in [6, 6.07) is 13.7. The molecule has 2 N–H and O–H groups in total. The van der Waals surface area contributed by atoms with E-state index in [9.17, 15) is 9.59 Å². The van der Waals surface area contributed by atoms with E-state index >= 15 is 0 Å². The number of amides is 2. The number of morpholine rings is 1. The Morgan fingerprint density at radius 1 is 0.976 bits per heavy atom. The molecule has 1 unspecified atom stereocenters. The number of rotatable bonds is 14. The van der Waals surface area contributed by atoms with E-state index < -0.39 is 0 Å². The first-order chi connectivity index (χ1) is 19.6. The lowest BCUT2D eigenvalue weighted by Crippen LogP contribution is -2.38. The largest absolute Gasteiger partial charge is 0.464 e. The van der Waals surface area contributed by atoms with E-state index in [0.717, 1.165) is 80.5 Å². The highest BCUT2D eigenvalue weighted by Crippen LogP contribution is 2.34. The molecule has 3 rings (SSSR count). The maximum atomic E-state index is 13.1. The first kappa shape index (κ1) is 32.4. The molecule has 1 aliphatic heterocycles. The molecular weight excluding hydrogens is 516 g/mol. The zero-order valence-corrected chi connectivity index (χ0v) is 25.9. The molecule has 8 heteroatoms. The van der Waals surface area contributed by atoms with Gasteiger partial charge in [-0.05, 0) is 60.9 Å². The standard InChI is InChI=1S/C33H50N4O4/c1-7-27(21-32(38)41-19-16-36-14-17-40-18-15-36)28-10-13-31(37(22-24(2)3)23-25(4)5)30(20-28)35-33(39)34-29-11-8-26(6)9-12-29/h8-13,20,24-25,27H,7,14-19,21-23H2,1-6H3,(H2,34,35,39). The molecule has 0 spiro atoms. The number of nitrogens with zero attached hydrogens (tertiary/aromatic N) is 2. The lowest BCUT2D eigenvalue weighted by Gasteiger charge is -2.31. The van der Waals surface area contributed by atoms with Gasteiger partial charge in [-0.15, -0.1) is 0 Å². The second-order valence-corrected chi connectivity index (χ2v) is 11.9. The number of aryl methyl sites for hydroxylation is 1. The van der Waals surface area contributed by atoms with Crippen LogP contribution in [0.5, 0.6) is 0 Å². The van der Waals surface area contributed by atoms with Crippen LogP contribution >= 0.6 is 0 Å². The Kier molecular flexibility index (Phi) is 12.9. The van der Waals surface area contributed by atoms with Crippen molar-refractivity contribution >= 4 is 29.1 Å². The number of esters is 1. The van der Waals surface area contributed by atoms with Gasteiger partial charge >= 0.3 is 12.0 Å². The molecule has 1 aliphatic rings. The summed E-state index contributed by atoms with van der Waals surface area (Å²) in [7, 11) is 0. The second kappa shape index (κ2) is 16.4. The summed E-state index contributed by atoms with van der Waals surface area (Å²) in [6.45, 7) is 19.0. The fourth-order valence-electron chi connectivity index (χ4n) is 5.13. The molecule has 0 aliphatic carbocycles. The van der Waals surface area contributed by atoms with Gasteiger partial charge in [0.25, 0.3) is 0 Å².